The number of hydrazine groups is 1. The van der Waals surface area contributed by atoms with E-state index in [4.69, 9.17) is 5.73 Å². The zero-order chi connectivity index (χ0) is 18.1. The molecular weight excluding hydrogens is 328 g/mol. The van der Waals surface area contributed by atoms with Gasteiger partial charge < -0.3 is 15.7 Å². The average molecular weight is 354 g/mol. The van der Waals surface area contributed by atoms with E-state index < -0.39 is 0 Å². The van der Waals surface area contributed by atoms with Gasteiger partial charge in [-0.25, -0.2) is 10.4 Å². The lowest BCUT2D eigenvalue weighted by Gasteiger charge is -2.31. The van der Waals surface area contributed by atoms with Crippen molar-refractivity contribution in [1.29, 1.82) is 0 Å². The fraction of sp³-hybridized carbons (Fsp3) is 0.474. The van der Waals surface area contributed by atoms with Gasteiger partial charge in [0.15, 0.2) is 0 Å². The van der Waals surface area contributed by atoms with Crippen LogP contribution in [0, 0.1) is 0 Å². The van der Waals surface area contributed by atoms with Gasteiger partial charge in [-0.15, -0.1) is 0 Å². The predicted molar refractivity (Wildman–Crippen MR) is 102 cm³/mol. The molecule has 2 aromatic rings. The molecule has 7 nitrogen and oxygen atoms in total. The summed E-state index contributed by atoms with van der Waals surface area (Å²) in [6, 6.07) is 13.1. The van der Waals surface area contributed by atoms with E-state index >= 15 is 0 Å². The summed E-state index contributed by atoms with van der Waals surface area (Å²) >= 11 is 0. The summed E-state index contributed by atoms with van der Waals surface area (Å²) in [6.07, 6.45) is 2.32. The summed E-state index contributed by atoms with van der Waals surface area (Å²) in [4.78, 5) is 10.9. The lowest BCUT2D eigenvalue weighted by molar-refractivity contribution is 0.0732. The van der Waals surface area contributed by atoms with Crippen LogP contribution in [0.15, 0.2) is 36.4 Å². The lowest BCUT2D eigenvalue weighted by Crippen LogP contribution is -2.39. The maximum absolute atomic E-state index is 9.54. The van der Waals surface area contributed by atoms with Crippen LogP contribution >= 0.6 is 0 Å². The van der Waals surface area contributed by atoms with Gasteiger partial charge in [-0.05, 0) is 24.8 Å². The van der Waals surface area contributed by atoms with Crippen LogP contribution in [0.1, 0.15) is 42.5 Å². The molecule has 2 unspecified atom stereocenters. The zero-order valence-electron chi connectivity index (χ0n) is 15.0. The monoisotopic (exact) mass is 354 g/mol. The van der Waals surface area contributed by atoms with Crippen molar-refractivity contribution in [2.24, 2.45) is 0 Å². The van der Waals surface area contributed by atoms with Crippen molar-refractivity contribution >= 4 is 11.8 Å². The number of rotatable bonds is 5. The summed E-state index contributed by atoms with van der Waals surface area (Å²) in [5, 5.41) is 9.54. The number of aliphatic hydroxyl groups excluding tert-OH is 1. The number of aromatic nitrogens is 2. The molecular formula is C19H26N6O. The Morgan fingerprint density at radius 3 is 2.65 bits per heavy atom. The smallest absolute Gasteiger partial charge is 0.222 e. The fourth-order valence-corrected chi connectivity index (χ4v) is 3.78. The molecule has 1 aromatic heterocycles. The topological polar surface area (TPSA) is 99.3 Å². The fourth-order valence-electron chi connectivity index (χ4n) is 3.78. The molecule has 2 heterocycles. The lowest BCUT2D eigenvalue weighted by atomic mass is 9.80. The third kappa shape index (κ3) is 3.65. The predicted octanol–water partition coefficient (Wildman–Crippen LogP) is 1.34. The molecule has 0 amide bonds. The molecule has 0 spiro atoms. The van der Waals surface area contributed by atoms with Crippen LogP contribution in [0.3, 0.4) is 0 Å². The first-order valence-electron chi connectivity index (χ1n) is 9.18. The highest BCUT2D eigenvalue weighted by Crippen LogP contribution is 2.36. The van der Waals surface area contributed by atoms with Gasteiger partial charge in [-0.2, -0.15) is 4.98 Å². The molecule has 5 N–H and O–H groups in total. The Hall–Kier alpha value is -2.22. The molecule has 2 fully saturated rings. The van der Waals surface area contributed by atoms with E-state index in [-0.39, 0.29) is 12.0 Å². The van der Waals surface area contributed by atoms with Crippen molar-refractivity contribution in [2.75, 3.05) is 24.2 Å². The molecule has 2 aliphatic rings. The van der Waals surface area contributed by atoms with Crippen molar-refractivity contribution in [3.63, 3.8) is 0 Å². The zero-order valence-corrected chi connectivity index (χ0v) is 15.0. The quantitative estimate of drug-likeness (QED) is 0.643. The van der Waals surface area contributed by atoms with Crippen molar-refractivity contribution in [3.05, 3.63) is 47.7 Å². The second-order valence-electron chi connectivity index (χ2n) is 7.40. The van der Waals surface area contributed by atoms with E-state index in [1.165, 1.54) is 5.56 Å². The molecule has 0 radical (unpaired) electrons. The average Bonchev–Trinajstić information content (AvgIpc) is 3.07. The van der Waals surface area contributed by atoms with Crippen molar-refractivity contribution in [3.8, 4) is 0 Å². The van der Waals surface area contributed by atoms with E-state index in [1.54, 1.807) is 0 Å². The molecule has 138 valence electrons. The number of nitrogen functional groups attached to an aromatic ring is 1. The van der Waals surface area contributed by atoms with E-state index in [2.05, 4.69) is 50.0 Å². The Labute approximate surface area is 153 Å². The summed E-state index contributed by atoms with van der Waals surface area (Å²) in [5.74, 6) is 1.42. The first-order valence-corrected chi connectivity index (χ1v) is 9.18. The van der Waals surface area contributed by atoms with Crippen LogP contribution in [-0.2, 0) is 0 Å². The van der Waals surface area contributed by atoms with Crippen LogP contribution in [0.5, 0.6) is 0 Å². The van der Waals surface area contributed by atoms with Gasteiger partial charge in [-0.1, -0.05) is 30.3 Å². The van der Waals surface area contributed by atoms with Gasteiger partial charge >= 0.3 is 0 Å². The van der Waals surface area contributed by atoms with Crippen LogP contribution in [0.2, 0.25) is 0 Å². The Morgan fingerprint density at radius 2 is 1.92 bits per heavy atom. The van der Waals surface area contributed by atoms with Gasteiger partial charge in [0.1, 0.15) is 5.82 Å². The minimum atomic E-state index is -0.207. The molecule has 1 aliphatic heterocycles. The maximum Gasteiger partial charge on any atom is 0.222 e. The van der Waals surface area contributed by atoms with Crippen LogP contribution in [-0.4, -0.2) is 40.8 Å². The molecule has 1 saturated heterocycles. The molecule has 7 heteroatoms. The number of nitrogens with zero attached hydrogens (tertiary/aromatic N) is 3. The van der Waals surface area contributed by atoms with Gasteiger partial charge in [0.2, 0.25) is 5.95 Å². The number of aliphatic hydroxyl groups is 1. The Balaban J connectivity index is 1.40. The first kappa shape index (κ1) is 17.2. The number of anilines is 2. The molecule has 1 aromatic carbocycles. The Kier molecular flexibility index (Phi) is 4.76. The van der Waals surface area contributed by atoms with E-state index in [0.717, 1.165) is 37.3 Å². The number of nitrogens with one attached hydrogen (secondary N) is 2. The summed E-state index contributed by atoms with van der Waals surface area (Å²) in [7, 11) is 2.03. The number of likely N-dealkylation sites (N-methyl/N-ethyl adjacent to an activating group) is 1. The molecule has 26 heavy (non-hydrogen) atoms. The minimum absolute atomic E-state index is 0.207. The second kappa shape index (κ2) is 7.19. The summed E-state index contributed by atoms with van der Waals surface area (Å²) in [5.41, 5.74) is 14.9. The van der Waals surface area contributed by atoms with Crippen molar-refractivity contribution < 1.29 is 5.11 Å². The standard InChI is InChI=1S/C19H26N6O/c1-25(11-14-9-17(24-23-14)12-5-3-2-4-6-12)18-10-16(21-19(20)22-18)13-7-15(26)8-13/h2-6,10,13-15,17,23-24,26H,7-9,11H2,1H3,(H2,20,21,22). The summed E-state index contributed by atoms with van der Waals surface area (Å²) < 4.78 is 0. The third-order valence-electron chi connectivity index (χ3n) is 5.35. The SMILES string of the molecule is CN(CC1CC(c2ccccc2)NN1)c1cc(C2CC(O)C2)nc(N)n1. The van der Waals surface area contributed by atoms with Crippen molar-refractivity contribution in [1.82, 2.24) is 20.8 Å². The number of nitrogens with two attached hydrogens (primary N) is 1. The Bertz CT molecular complexity index is 749. The Morgan fingerprint density at radius 1 is 1.15 bits per heavy atom. The van der Waals surface area contributed by atoms with E-state index in [9.17, 15) is 5.11 Å². The van der Waals surface area contributed by atoms with Crippen molar-refractivity contribution in [2.45, 2.75) is 43.4 Å². The van der Waals surface area contributed by atoms with Gasteiger partial charge in [0.25, 0.3) is 0 Å². The van der Waals surface area contributed by atoms with Crippen LogP contribution < -0.4 is 21.5 Å². The highest BCUT2D eigenvalue weighted by atomic mass is 16.3. The molecule has 0 bridgehead atoms. The highest BCUT2D eigenvalue weighted by molar-refractivity contribution is 5.44. The molecule has 1 saturated carbocycles. The van der Waals surface area contributed by atoms with Gasteiger partial charge in [0.05, 0.1) is 11.8 Å². The molecule has 2 atom stereocenters. The first-order chi connectivity index (χ1) is 12.6. The van der Waals surface area contributed by atoms with E-state index in [0.29, 0.717) is 18.0 Å². The van der Waals surface area contributed by atoms with Crippen LogP contribution in [0.25, 0.3) is 0 Å². The normalized spacial score (nSPS) is 27.9. The maximum atomic E-state index is 9.54. The highest BCUT2D eigenvalue weighted by Gasteiger charge is 2.31. The third-order valence-corrected chi connectivity index (χ3v) is 5.35. The summed E-state index contributed by atoms with van der Waals surface area (Å²) in [6.45, 7) is 0.819. The number of hydrogen-bond acceptors (Lipinski definition) is 7. The molecule has 1 aliphatic carbocycles. The second-order valence-corrected chi connectivity index (χ2v) is 7.40. The van der Waals surface area contributed by atoms with Crippen LogP contribution in [0.4, 0.5) is 11.8 Å². The number of hydrogen-bond donors (Lipinski definition) is 4. The van der Waals surface area contributed by atoms with Gasteiger partial charge in [0, 0.05) is 37.7 Å². The van der Waals surface area contributed by atoms with Gasteiger partial charge in [-0.3, -0.25) is 5.43 Å². The minimum Gasteiger partial charge on any atom is -0.393 e. The van der Waals surface area contributed by atoms with E-state index in [1.807, 2.05) is 19.2 Å². The largest absolute Gasteiger partial charge is 0.393 e. The number of benzene rings is 1. The molecule has 4 rings (SSSR count).